The highest BCUT2D eigenvalue weighted by molar-refractivity contribution is 6.30. The molecule has 0 radical (unpaired) electrons. The third kappa shape index (κ3) is 2.89. The maximum Gasteiger partial charge on any atom is 0.200 e. The largest absolute Gasteiger partial charge is 0.507 e. The summed E-state index contributed by atoms with van der Waals surface area (Å²) in [5.74, 6) is -1.26. The summed E-state index contributed by atoms with van der Waals surface area (Å²) >= 11 is 0. The van der Waals surface area contributed by atoms with Crippen LogP contribution in [0.4, 0.5) is 5.69 Å². The zero-order valence-corrected chi connectivity index (χ0v) is 20.3. The summed E-state index contributed by atoms with van der Waals surface area (Å²) in [7, 11) is 0. The minimum atomic E-state index is -1.63. The number of phenols is 1. The van der Waals surface area contributed by atoms with Crippen molar-refractivity contribution in [3.63, 3.8) is 0 Å². The summed E-state index contributed by atoms with van der Waals surface area (Å²) in [5.41, 5.74) is 6.09. The van der Waals surface area contributed by atoms with Crippen LogP contribution in [-0.4, -0.2) is 64.1 Å². The number of benzene rings is 1. The van der Waals surface area contributed by atoms with Crippen molar-refractivity contribution in [2.75, 3.05) is 31.1 Å². The van der Waals surface area contributed by atoms with Gasteiger partial charge in [0.05, 0.1) is 5.57 Å². The zero-order chi connectivity index (χ0) is 24.7. The van der Waals surface area contributed by atoms with Gasteiger partial charge in [-0.3, -0.25) is 9.59 Å². The van der Waals surface area contributed by atoms with Gasteiger partial charge in [-0.05, 0) is 74.6 Å². The van der Waals surface area contributed by atoms with Crippen LogP contribution in [0, 0.1) is 0 Å². The number of aliphatic hydroxyl groups excluding tert-OH is 2. The number of carbonyl (C=O) groups excluding carboxylic acids is 2. The first kappa shape index (κ1) is 21.9. The Labute approximate surface area is 209 Å². The van der Waals surface area contributed by atoms with Crippen molar-refractivity contribution in [1.29, 1.82) is 0 Å². The molecule has 1 aromatic carbocycles. The van der Waals surface area contributed by atoms with Gasteiger partial charge in [0.1, 0.15) is 17.6 Å². The molecule has 3 N–H and O–H groups in total. The van der Waals surface area contributed by atoms with Crippen LogP contribution >= 0.6 is 0 Å². The molecule has 7 rings (SSSR count). The number of anilines is 1. The van der Waals surface area contributed by atoms with Gasteiger partial charge in [0.15, 0.2) is 11.6 Å². The minimum absolute atomic E-state index is 0.00206. The molecule has 1 unspecified atom stereocenters. The first-order chi connectivity index (χ1) is 17.5. The molecule has 1 atom stereocenters. The summed E-state index contributed by atoms with van der Waals surface area (Å²) in [6.45, 7) is 3.77. The van der Waals surface area contributed by atoms with Crippen molar-refractivity contribution in [2.45, 2.75) is 57.5 Å². The Morgan fingerprint density at radius 3 is 2.36 bits per heavy atom. The van der Waals surface area contributed by atoms with Gasteiger partial charge in [-0.2, -0.15) is 0 Å². The van der Waals surface area contributed by atoms with Crippen LogP contribution in [0.1, 0.15) is 55.2 Å². The molecule has 1 saturated heterocycles. The monoisotopic (exact) mass is 486 g/mol. The van der Waals surface area contributed by atoms with Gasteiger partial charge in [-0.25, -0.2) is 0 Å². The Balaban J connectivity index is 1.41. The lowest BCUT2D eigenvalue weighted by atomic mass is 9.80. The summed E-state index contributed by atoms with van der Waals surface area (Å²) < 4.78 is 0. The number of rotatable bonds is 1. The molecule has 36 heavy (non-hydrogen) atoms. The number of aryl methyl sites for hydroxylation is 1. The SMILES string of the molecule is O=C1C(=C2C(O)=C(c3cc4c5c(c3O)CCCN5CCC4)C(=O)C2O)C=C2CCCN3CCCC1=C23. The van der Waals surface area contributed by atoms with E-state index in [0.717, 1.165) is 98.4 Å². The van der Waals surface area contributed by atoms with Gasteiger partial charge in [0.2, 0.25) is 0 Å². The van der Waals surface area contributed by atoms with Crippen LogP contribution in [0.5, 0.6) is 5.75 Å². The van der Waals surface area contributed by atoms with Crippen LogP contribution in [-0.2, 0) is 22.4 Å². The highest BCUT2D eigenvalue weighted by atomic mass is 16.3. The van der Waals surface area contributed by atoms with Crippen LogP contribution in [0.25, 0.3) is 5.57 Å². The number of carbonyl (C=O) groups is 2. The molecular formula is C29H30N2O5. The molecule has 186 valence electrons. The fraction of sp³-hybridized carbons (Fsp3) is 0.448. The Hall–Kier alpha value is -3.32. The lowest BCUT2D eigenvalue weighted by Gasteiger charge is -2.40. The predicted molar refractivity (Wildman–Crippen MR) is 135 cm³/mol. The predicted octanol–water partition coefficient (Wildman–Crippen LogP) is 3.25. The fourth-order valence-corrected chi connectivity index (χ4v) is 7.25. The number of hydrogen-bond acceptors (Lipinski definition) is 7. The van der Waals surface area contributed by atoms with E-state index >= 15 is 0 Å². The highest BCUT2D eigenvalue weighted by Gasteiger charge is 2.44. The topological polar surface area (TPSA) is 101 Å². The zero-order valence-electron chi connectivity index (χ0n) is 20.3. The summed E-state index contributed by atoms with van der Waals surface area (Å²) in [6.07, 6.45) is 6.94. The van der Waals surface area contributed by atoms with E-state index in [1.807, 2.05) is 0 Å². The van der Waals surface area contributed by atoms with Crippen LogP contribution < -0.4 is 4.90 Å². The lowest BCUT2D eigenvalue weighted by Crippen LogP contribution is -2.38. The van der Waals surface area contributed by atoms with E-state index in [0.29, 0.717) is 12.8 Å². The van der Waals surface area contributed by atoms with Gasteiger partial charge in [0.25, 0.3) is 0 Å². The number of ketones is 2. The number of piperidine rings is 1. The van der Waals surface area contributed by atoms with Gasteiger partial charge in [-0.1, -0.05) is 0 Å². The molecule has 0 aromatic heterocycles. The quantitative estimate of drug-likeness (QED) is 0.524. The molecule has 0 bridgehead atoms. The first-order valence-electron chi connectivity index (χ1n) is 13.2. The van der Waals surface area contributed by atoms with E-state index in [9.17, 15) is 24.9 Å². The molecule has 4 heterocycles. The van der Waals surface area contributed by atoms with Gasteiger partial charge in [0, 0.05) is 65.4 Å². The van der Waals surface area contributed by atoms with Gasteiger partial charge >= 0.3 is 0 Å². The third-order valence-corrected chi connectivity index (χ3v) is 8.79. The molecule has 0 spiro atoms. The number of Topliss-reactive ketones (excluding diaryl/α,β-unsaturated/α-hetero) is 2. The molecule has 4 aliphatic heterocycles. The average molecular weight is 487 g/mol. The number of nitrogens with zero attached hydrogens (tertiary/aromatic N) is 2. The second kappa shape index (κ2) is 7.84. The van der Waals surface area contributed by atoms with Crippen molar-refractivity contribution in [3.8, 4) is 5.75 Å². The van der Waals surface area contributed by atoms with Gasteiger partial charge in [-0.15, -0.1) is 0 Å². The van der Waals surface area contributed by atoms with E-state index in [-0.39, 0.29) is 39.6 Å². The molecular weight excluding hydrogens is 456 g/mol. The van der Waals surface area contributed by atoms with E-state index in [2.05, 4.69) is 9.80 Å². The second-order valence-corrected chi connectivity index (χ2v) is 10.8. The maximum absolute atomic E-state index is 13.6. The Kier molecular flexibility index (Phi) is 4.77. The highest BCUT2D eigenvalue weighted by Crippen LogP contribution is 2.48. The van der Waals surface area contributed by atoms with E-state index < -0.39 is 11.9 Å². The summed E-state index contributed by atoms with van der Waals surface area (Å²) in [6, 6.07) is 1.80. The lowest BCUT2D eigenvalue weighted by molar-refractivity contribution is -0.119. The number of allylic oxidation sites excluding steroid dienone is 4. The molecule has 1 fully saturated rings. The number of aliphatic hydroxyl groups is 2. The van der Waals surface area contributed by atoms with Crippen molar-refractivity contribution in [3.05, 3.63) is 62.6 Å². The Morgan fingerprint density at radius 1 is 0.861 bits per heavy atom. The minimum Gasteiger partial charge on any atom is -0.507 e. The maximum atomic E-state index is 13.6. The van der Waals surface area contributed by atoms with Crippen molar-refractivity contribution >= 4 is 22.8 Å². The van der Waals surface area contributed by atoms with Crippen LogP contribution in [0.3, 0.4) is 0 Å². The molecule has 1 aromatic rings. The van der Waals surface area contributed by atoms with Crippen LogP contribution in [0.2, 0.25) is 0 Å². The standard InChI is InChI=1S/C29H30N2O5/c32-25-17-7-3-11-30-9-1-5-15(23(17)30)13-19(25)21-27(34)22(29(36)28(21)35)20-14-16-6-2-10-31-12-4-8-18(24(16)31)26(20)33/h13-14,28,33-35H,1-12H2. The number of phenolic OH excluding ortho intramolecular Hbond substituents is 1. The van der Waals surface area contributed by atoms with E-state index in [4.69, 9.17) is 0 Å². The van der Waals surface area contributed by atoms with Crippen molar-refractivity contribution < 1.29 is 24.9 Å². The molecule has 0 saturated carbocycles. The van der Waals surface area contributed by atoms with Crippen LogP contribution in [0.15, 0.2) is 45.9 Å². The first-order valence-corrected chi connectivity index (χ1v) is 13.2. The van der Waals surface area contributed by atoms with Crippen molar-refractivity contribution in [2.24, 2.45) is 0 Å². The summed E-state index contributed by atoms with van der Waals surface area (Å²) in [4.78, 5) is 31.6. The normalized spacial score (nSPS) is 27.5. The molecule has 6 aliphatic rings. The molecule has 7 heteroatoms. The average Bonchev–Trinajstić information content (AvgIpc) is 3.11. The molecule has 0 amide bonds. The smallest absolute Gasteiger partial charge is 0.200 e. The van der Waals surface area contributed by atoms with E-state index in [1.54, 1.807) is 12.1 Å². The Morgan fingerprint density at radius 2 is 1.56 bits per heavy atom. The third-order valence-electron chi connectivity index (χ3n) is 8.79. The summed E-state index contributed by atoms with van der Waals surface area (Å²) in [5, 5.41) is 33.7. The molecule has 2 aliphatic carbocycles. The molecule has 7 nitrogen and oxygen atoms in total. The Bertz CT molecular complexity index is 1380. The van der Waals surface area contributed by atoms with Gasteiger partial charge < -0.3 is 25.1 Å². The number of hydrogen-bond donors (Lipinski definition) is 3. The number of aromatic hydroxyl groups is 1. The van der Waals surface area contributed by atoms with Crippen molar-refractivity contribution in [1.82, 2.24) is 4.90 Å². The van der Waals surface area contributed by atoms with E-state index in [1.165, 1.54) is 0 Å². The second-order valence-electron chi connectivity index (χ2n) is 10.8. The fourth-order valence-electron chi connectivity index (χ4n) is 7.25.